The highest BCUT2D eigenvalue weighted by Crippen LogP contribution is 2.39. The van der Waals surface area contributed by atoms with Gasteiger partial charge in [-0.3, -0.25) is 0 Å². The fraction of sp³-hybridized carbons (Fsp3) is 0.684. The van der Waals surface area contributed by atoms with E-state index in [0.717, 1.165) is 0 Å². The number of hydrogen-bond donors (Lipinski definition) is 1. The molecule has 1 nitrogen and oxygen atoms in total. The molecule has 0 saturated heterocycles. The average molecular weight is 277 g/mol. The first-order chi connectivity index (χ1) is 9.68. The number of rotatable bonds is 3. The summed E-state index contributed by atoms with van der Waals surface area (Å²) in [6.45, 7) is 10.4. The first kappa shape index (κ1) is 19.2. The van der Waals surface area contributed by atoms with Gasteiger partial charge >= 0.3 is 0 Å². The third kappa shape index (κ3) is 7.09. The molecule has 1 aliphatic rings. The molecule has 2 N–H and O–H groups in total. The number of benzene rings is 1. The topological polar surface area (TPSA) is 26.0 Å². The second-order valence-corrected chi connectivity index (χ2v) is 5.63. The van der Waals surface area contributed by atoms with Crippen LogP contribution in [0.2, 0.25) is 0 Å². The van der Waals surface area contributed by atoms with Gasteiger partial charge in [0.2, 0.25) is 0 Å². The number of hydrogen-bond acceptors (Lipinski definition) is 1. The fourth-order valence-corrected chi connectivity index (χ4v) is 2.68. The molecule has 1 fully saturated rings. The second-order valence-electron chi connectivity index (χ2n) is 5.63. The Bertz CT molecular complexity index is 310. The Balaban J connectivity index is 0.000000829. The molecule has 2 rings (SSSR count). The smallest absolute Gasteiger partial charge is 0.00392 e. The van der Waals surface area contributed by atoms with Crippen LogP contribution in [0, 0.1) is 5.41 Å². The SMILES string of the molecule is CC.CC.CC1(CCc2ccccc2)CCC(N)CC1. The molecule has 20 heavy (non-hydrogen) atoms. The maximum atomic E-state index is 5.96. The Kier molecular flexibility index (Phi) is 10.5. The van der Waals surface area contributed by atoms with Crippen molar-refractivity contribution in [3.63, 3.8) is 0 Å². The first-order valence-corrected chi connectivity index (χ1v) is 8.47. The van der Waals surface area contributed by atoms with Crippen LogP contribution in [0.4, 0.5) is 0 Å². The van der Waals surface area contributed by atoms with Crippen molar-refractivity contribution in [2.24, 2.45) is 11.1 Å². The zero-order chi connectivity index (χ0) is 15.4. The van der Waals surface area contributed by atoms with Gasteiger partial charge in [-0.25, -0.2) is 0 Å². The first-order valence-electron chi connectivity index (χ1n) is 8.47. The summed E-state index contributed by atoms with van der Waals surface area (Å²) in [5, 5.41) is 0. The van der Waals surface area contributed by atoms with Gasteiger partial charge in [-0.1, -0.05) is 65.0 Å². The molecule has 0 unspecified atom stereocenters. The van der Waals surface area contributed by atoms with Crippen LogP contribution in [-0.2, 0) is 6.42 Å². The van der Waals surface area contributed by atoms with Gasteiger partial charge in [0.05, 0.1) is 0 Å². The van der Waals surface area contributed by atoms with Crippen molar-refractivity contribution < 1.29 is 0 Å². The van der Waals surface area contributed by atoms with E-state index in [1.807, 2.05) is 27.7 Å². The quantitative estimate of drug-likeness (QED) is 0.767. The zero-order valence-corrected chi connectivity index (χ0v) is 14.3. The number of aryl methyl sites for hydroxylation is 1. The zero-order valence-electron chi connectivity index (χ0n) is 14.3. The van der Waals surface area contributed by atoms with Gasteiger partial charge in [-0.05, 0) is 49.5 Å². The lowest BCUT2D eigenvalue weighted by Gasteiger charge is -2.36. The van der Waals surface area contributed by atoms with E-state index in [9.17, 15) is 0 Å². The fourth-order valence-electron chi connectivity index (χ4n) is 2.68. The van der Waals surface area contributed by atoms with Gasteiger partial charge in [0.15, 0.2) is 0 Å². The van der Waals surface area contributed by atoms with Crippen molar-refractivity contribution in [2.45, 2.75) is 79.2 Å². The summed E-state index contributed by atoms with van der Waals surface area (Å²) in [7, 11) is 0. The predicted molar refractivity (Wildman–Crippen MR) is 92.0 cm³/mol. The van der Waals surface area contributed by atoms with E-state index in [2.05, 4.69) is 37.3 Å². The molecule has 0 atom stereocenters. The van der Waals surface area contributed by atoms with Crippen LogP contribution in [0.3, 0.4) is 0 Å². The summed E-state index contributed by atoms with van der Waals surface area (Å²) in [5.41, 5.74) is 7.97. The normalized spacial score (nSPS) is 24.8. The summed E-state index contributed by atoms with van der Waals surface area (Å²) in [5.74, 6) is 0. The molecule has 116 valence electrons. The largest absolute Gasteiger partial charge is 0.328 e. The van der Waals surface area contributed by atoms with E-state index in [1.165, 1.54) is 44.1 Å². The maximum Gasteiger partial charge on any atom is 0.00392 e. The van der Waals surface area contributed by atoms with E-state index < -0.39 is 0 Å². The van der Waals surface area contributed by atoms with Gasteiger partial charge < -0.3 is 5.73 Å². The number of nitrogens with two attached hydrogens (primary N) is 1. The standard InChI is InChI=1S/C15H23N.2C2H6/c1-15(11-8-14(16)9-12-15)10-7-13-5-3-2-4-6-13;2*1-2/h2-6,14H,7-12,16H2,1H3;2*1-2H3. The Morgan fingerprint density at radius 3 is 2.00 bits per heavy atom. The van der Waals surface area contributed by atoms with Crippen molar-refractivity contribution in [2.75, 3.05) is 0 Å². The second kappa shape index (κ2) is 10.9. The Morgan fingerprint density at radius 2 is 1.50 bits per heavy atom. The van der Waals surface area contributed by atoms with Crippen molar-refractivity contribution in [1.29, 1.82) is 0 Å². The highest BCUT2D eigenvalue weighted by molar-refractivity contribution is 5.15. The molecule has 1 saturated carbocycles. The van der Waals surface area contributed by atoms with Crippen LogP contribution in [-0.4, -0.2) is 6.04 Å². The monoisotopic (exact) mass is 277 g/mol. The minimum Gasteiger partial charge on any atom is -0.328 e. The van der Waals surface area contributed by atoms with Crippen LogP contribution in [0.15, 0.2) is 30.3 Å². The summed E-state index contributed by atoms with van der Waals surface area (Å²) in [6, 6.07) is 11.3. The highest BCUT2D eigenvalue weighted by Gasteiger charge is 2.29. The van der Waals surface area contributed by atoms with Crippen molar-refractivity contribution in [3.8, 4) is 0 Å². The van der Waals surface area contributed by atoms with Crippen molar-refractivity contribution in [1.82, 2.24) is 0 Å². The van der Waals surface area contributed by atoms with Crippen molar-refractivity contribution in [3.05, 3.63) is 35.9 Å². The summed E-state index contributed by atoms with van der Waals surface area (Å²) < 4.78 is 0. The minimum absolute atomic E-state index is 0.463. The maximum absolute atomic E-state index is 5.96. The molecule has 1 heteroatoms. The predicted octanol–water partition coefficient (Wildman–Crippen LogP) is 5.58. The summed E-state index contributed by atoms with van der Waals surface area (Å²) in [6.07, 6.45) is 7.56. The summed E-state index contributed by atoms with van der Waals surface area (Å²) >= 11 is 0. The molecule has 1 aromatic rings. The molecule has 0 radical (unpaired) electrons. The molecule has 0 spiro atoms. The van der Waals surface area contributed by atoms with E-state index >= 15 is 0 Å². The molecule has 0 heterocycles. The molecule has 1 aromatic carbocycles. The van der Waals surface area contributed by atoms with Gasteiger partial charge in [0, 0.05) is 6.04 Å². The van der Waals surface area contributed by atoms with Gasteiger partial charge in [-0.2, -0.15) is 0 Å². The third-order valence-electron chi connectivity index (χ3n) is 4.10. The molecule has 0 aromatic heterocycles. The Labute approximate surface area is 127 Å². The van der Waals surface area contributed by atoms with E-state index in [0.29, 0.717) is 11.5 Å². The lowest BCUT2D eigenvalue weighted by molar-refractivity contribution is 0.185. The van der Waals surface area contributed by atoms with Gasteiger partial charge in [0.25, 0.3) is 0 Å². The highest BCUT2D eigenvalue weighted by atomic mass is 14.6. The molecular weight excluding hydrogens is 242 g/mol. The van der Waals surface area contributed by atoms with Crippen LogP contribution in [0.1, 0.15) is 72.3 Å². The van der Waals surface area contributed by atoms with Crippen LogP contribution in [0.25, 0.3) is 0 Å². The van der Waals surface area contributed by atoms with E-state index in [4.69, 9.17) is 5.73 Å². The molecule has 0 amide bonds. The van der Waals surface area contributed by atoms with Crippen LogP contribution >= 0.6 is 0 Å². The Hall–Kier alpha value is -0.820. The molecule has 0 bridgehead atoms. The van der Waals surface area contributed by atoms with E-state index in [1.54, 1.807) is 0 Å². The molecule has 0 aliphatic heterocycles. The van der Waals surface area contributed by atoms with Crippen molar-refractivity contribution >= 4 is 0 Å². The van der Waals surface area contributed by atoms with E-state index in [-0.39, 0.29) is 0 Å². The Morgan fingerprint density at radius 1 is 1.00 bits per heavy atom. The molecule has 1 aliphatic carbocycles. The average Bonchev–Trinajstić information content (AvgIpc) is 2.54. The summed E-state index contributed by atoms with van der Waals surface area (Å²) in [4.78, 5) is 0. The lowest BCUT2D eigenvalue weighted by atomic mass is 9.71. The third-order valence-corrected chi connectivity index (χ3v) is 4.10. The van der Waals surface area contributed by atoms with Crippen LogP contribution in [0.5, 0.6) is 0 Å². The van der Waals surface area contributed by atoms with Crippen LogP contribution < -0.4 is 5.73 Å². The lowest BCUT2D eigenvalue weighted by Crippen LogP contribution is -2.32. The van der Waals surface area contributed by atoms with Gasteiger partial charge in [-0.15, -0.1) is 0 Å². The minimum atomic E-state index is 0.463. The molecular formula is C19H35N. The van der Waals surface area contributed by atoms with Gasteiger partial charge in [0.1, 0.15) is 0 Å².